The van der Waals surface area contributed by atoms with E-state index in [9.17, 15) is 31.6 Å². The second-order valence-corrected chi connectivity index (χ2v) is 14.1. The Kier molecular flexibility index (Phi) is 8.08. The summed E-state index contributed by atoms with van der Waals surface area (Å²) in [5.41, 5.74) is 0.109. The van der Waals surface area contributed by atoms with Crippen LogP contribution in [0.25, 0.3) is 0 Å². The molecule has 3 fully saturated rings. The summed E-state index contributed by atoms with van der Waals surface area (Å²) in [6, 6.07) is 9.81. The minimum Gasteiger partial charge on any atom is -0.347 e. The molecule has 0 aromatic heterocycles. The van der Waals surface area contributed by atoms with E-state index in [1.807, 2.05) is 0 Å². The number of nitrogens with one attached hydrogen (secondary N) is 2. The zero-order valence-electron chi connectivity index (χ0n) is 25.7. The highest BCUT2D eigenvalue weighted by Gasteiger charge is 2.60. The molecule has 1 heterocycles. The first-order valence-electron chi connectivity index (χ1n) is 15.1. The van der Waals surface area contributed by atoms with Crippen molar-refractivity contribution in [3.63, 3.8) is 0 Å². The Labute approximate surface area is 257 Å². The molecule has 1 saturated heterocycles. The summed E-state index contributed by atoms with van der Waals surface area (Å²) in [6.07, 6.45) is 1.83. The maximum absolute atomic E-state index is 13.5. The molecule has 2 N–H and O–H groups in total. The minimum absolute atomic E-state index is 0.0630. The number of halogens is 3. The van der Waals surface area contributed by atoms with Gasteiger partial charge in [0, 0.05) is 76.7 Å². The van der Waals surface area contributed by atoms with Crippen LogP contribution in [0.15, 0.2) is 47.4 Å². The van der Waals surface area contributed by atoms with E-state index in [1.54, 1.807) is 0 Å². The highest BCUT2D eigenvalue weighted by Crippen LogP contribution is 2.63. The monoisotopic (exact) mass is 638 g/mol. The SMILES string of the molecule is [2H]C([2H])(c1cc(Cl)ccc1NC(=O)c1ccc(S(C)(=O)=O)cc1)N1CCN(C(=O)CNC(=O)C2CC23CCC(F)(F)CC3)CC1. The van der Waals surface area contributed by atoms with E-state index >= 15 is 0 Å². The summed E-state index contributed by atoms with van der Waals surface area (Å²) in [4.78, 5) is 41.6. The van der Waals surface area contributed by atoms with Crippen molar-refractivity contribution in [2.75, 3.05) is 44.3 Å². The number of rotatable bonds is 8. The predicted octanol–water partition coefficient (Wildman–Crippen LogP) is 3.97. The molecule has 3 aliphatic rings. The van der Waals surface area contributed by atoms with Crippen LogP contribution in [0.2, 0.25) is 5.02 Å². The number of sulfone groups is 1. The van der Waals surface area contributed by atoms with Crippen LogP contribution in [0, 0.1) is 11.3 Å². The number of nitrogens with zero attached hydrogens (tertiary/aromatic N) is 2. The largest absolute Gasteiger partial charge is 0.347 e. The summed E-state index contributed by atoms with van der Waals surface area (Å²) in [5.74, 6) is -4.17. The van der Waals surface area contributed by atoms with Crippen LogP contribution in [-0.2, 0) is 25.9 Å². The normalized spacial score (nSPS) is 22.3. The Morgan fingerprint density at radius 1 is 1.02 bits per heavy atom. The number of carbonyl (C=O) groups is 3. The van der Waals surface area contributed by atoms with Gasteiger partial charge in [-0.05, 0) is 72.7 Å². The van der Waals surface area contributed by atoms with Crippen LogP contribution in [0.5, 0.6) is 0 Å². The van der Waals surface area contributed by atoms with Crippen LogP contribution >= 0.6 is 11.6 Å². The number of carbonyl (C=O) groups excluding carboxylic acids is 3. The maximum Gasteiger partial charge on any atom is 0.255 e. The van der Waals surface area contributed by atoms with Gasteiger partial charge < -0.3 is 15.5 Å². The molecule has 2 aromatic carbocycles. The van der Waals surface area contributed by atoms with Crippen LogP contribution in [0.1, 0.15) is 50.8 Å². The van der Waals surface area contributed by atoms with E-state index in [0.717, 1.165) is 6.26 Å². The summed E-state index contributed by atoms with van der Waals surface area (Å²) < 4.78 is 68.4. The molecule has 1 atom stereocenters. The molecular formula is C30H35ClF2N4O5S. The number of anilines is 1. The van der Waals surface area contributed by atoms with E-state index in [1.165, 1.54) is 52.3 Å². The lowest BCUT2D eigenvalue weighted by atomic mass is 9.82. The Morgan fingerprint density at radius 2 is 1.67 bits per heavy atom. The Hall–Kier alpha value is -3.09. The third-order valence-electron chi connectivity index (χ3n) is 8.58. The standard InChI is InChI=1S/C30H35ClF2N4O5S/c1-43(41,42)23-5-2-20(3-6-23)27(39)35-25-7-4-22(31)16-21(25)19-36-12-14-37(15-13-36)26(38)18-34-28(40)24-17-29(24)8-10-30(32,33)11-9-29/h2-7,16,24H,8-15,17-19H2,1H3,(H,34,40)(H,35,39)/i19D2. The van der Waals surface area contributed by atoms with Gasteiger partial charge in [0.25, 0.3) is 5.91 Å². The fourth-order valence-corrected chi connectivity index (χ4v) is 6.59. The molecular weight excluding hydrogens is 602 g/mol. The van der Waals surface area contributed by atoms with Gasteiger partial charge in [0.2, 0.25) is 17.7 Å². The molecule has 2 saturated carbocycles. The lowest BCUT2D eigenvalue weighted by Crippen LogP contribution is -2.51. The average molecular weight is 639 g/mol. The Bertz CT molecular complexity index is 1590. The summed E-state index contributed by atoms with van der Waals surface area (Å²) in [6.45, 7) is -1.58. The van der Waals surface area contributed by atoms with Gasteiger partial charge in [0.15, 0.2) is 9.84 Å². The van der Waals surface area contributed by atoms with Gasteiger partial charge in [-0.15, -0.1) is 0 Å². The summed E-state index contributed by atoms with van der Waals surface area (Å²) >= 11 is 6.21. The van der Waals surface area contributed by atoms with Crippen molar-refractivity contribution >= 4 is 44.8 Å². The molecule has 9 nitrogen and oxygen atoms in total. The number of hydrogen-bond acceptors (Lipinski definition) is 6. The fourth-order valence-electron chi connectivity index (χ4n) is 5.79. The third kappa shape index (κ3) is 7.53. The first-order chi connectivity index (χ1) is 21.0. The van der Waals surface area contributed by atoms with Crippen molar-refractivity contribution in [3.8, 4) is 0 Å². The predicted molar refractivity (Wildman–Crippen MR) is 158 cm³/mol. The number of benzene rings is 2. The van der Waals surface area contributed by atoms with E-state index in [4.69, 9.17) is 14.3 Å². The van der Waals surface area contributed by atoms with Crippen LogP contribution in [-0.4, -0.2) is 80.8 Å². The highest BCUT2D eigenvalue weighted by molar-refractivity contribution is 7.90. The molecule has 1 aliphatic heterocycles. The Balaban J connectivity index is 1.16. The van der Waals surface area contributed by atoms with Crippen LogP contribution < -0.4 is 10.6 Å². The molecule has 3 amide bonds. The molecule has 0 radical (unpaired) electrons. The van der Waals surface area contributed by atoms with Gasteiger partial charge in [0.1, 0.15) is 0 Å². The molecule has 232 valence electrons. The van der Waals surface area contributed by atoms with Crippen molar-refractivity contribution < 1.29 is 34.3 Å². The van der Waals surface area contributed by atoms with Crippen molar-refractivity contribution in [2.45, 2.75) is 49.4 Å². The summed E-state index contributed by atoms with van der Waals surface area (Å²) in [7, 11) is -3.44. The number of alkyl halides is 2. The van der Waals surface area contributed by atoms with E-state index in [-0.39, 0.29) is 95.4 Å². The van der Waals surface area contributed by atoms with E-state index in [0.29, 0.717) is 19.3 Å². The van der Waals surface area contributed by atoms with Gasteiger partial charge in [-0.2, -0.15) is 0 Å². The topological polar surface area (TPSA) is 116 Å². The first-order valence-corrected chi connectivity index (χ1v) is 16.4. The van der Waals surface area contributed by atoms with Crippen LogP contribution in [0.4, 0.5) is 14.5 Å². The molecule has 0 bridgehead atoms. The fraction of sp³-hybridized carbons (Fsp3) is 0.500. The van der Waals surface area contributed by atoms with Crippen molar-refractivity contribution in [2.24, 2.45) is 11.3 Å². The number of hydrogen-bond donors (Lipinski definition) is 2. The first kappa shape index (κ1) is 28.7. The average Bonchev–Trinajstić information content (AvgIpc) is 3.72. The second-order valence-electron chi connectivity index (χ2n) is 11.6. The highest BCUT2D eigenvalue weighted by atomic mass is 35.5. The van der Waals surface area contributed by atoms with Gasteiger partial charge in [-0.1, -0.05) is 11.6 Å². The Morgan fingerprint density at radius 3 is 2.30 bits per heavy atom. The number of piperazine rings is 1. The third-order valence-corrected chi connectivity index (χ3v) is 9.95. The zero-order chi connectivity index (χ0) is 32.8. The van der Waals surface area contributed by atoms with Gasteiger partial charge in [-0.25, -0.2) is 17.2 Å². The van der Waals surface area contributed by atoms with Crippen LogP contribution in [0.3, 0.4) is 0 Å². The lowest BCUT2D eigenvalue weighted by molar-refractivity contribution is -0.135. The lowest BCUT2D eigenvalue weighted by Gasteiger charge is -2.35. The molecule has 5 rings (SSSR count). The number of amides is 3. The van der Waals surface area contributed by atoms with Gasteiger partial charge in [-0.3, -0.25) is 19.3 Å². The minimum atomic E-state index is -3.44. The summed E-state index contributed by atoms with van der Waals surface area (Å²) in [5, 5.41) is 5.62. The smallest absolute Gasteiger partial charge is 0.255 e. The molecule has 2 aromatic rings. The van der Waals surface area contributed by atoms with Crippen molar-refractivity contribution in [1.29, 1.82) is 0 Å². The molecule has 1 unspecified atom stereocenters. The molecule has 13 heteroatoms. The maximum atomic E-state index is 13.5. The van der Waals surface area contributed by atoms with Crippen molar-refractivity contribution in [1.82, 2.24) is 15.1 Å². The second kappa shape index (κ2) is 12.1. The van der Waals surface area contributed by atoms with Crippen molar-refractivity contribution in [3.05, 3.63) is 58.6 Å². The van der Waals surface area contributed by atoms with E-state index in [2.05, 4.69) is 10.6 Å². The zero-order valence-corrected chi connectivity index (χ0v) is 25.2. The molecule has 2 aliphatic carbocycles. The van der Waals surface area contributed by atoms with Gasteiger partial charge >= 0.3 is 0 Å². The van der Waals surface area contributed by atoms with Gasteiger partial charge in [0.05, 0.1) is 11.4 Å². The quantitative estimate of drug-likeness (QED) is 0.452. The molecule has 43 heavy (non-hydrogen) atoms. The van der Waals surface area contributed by atoms with E-state index < -0.39 is 28.2 Å². The molecule has 1 spiro atoms.